The Balaban J connectivity index is 1.55. The number of hydrogen-bond donors (Lipinski definition) is 0. The van der Waals surface area contributed by atoms with E-state index in [2.05, 4.69) is 6.92 Å². The number of non-ortho nitro benzene ring substituents is 1. The lowest BCUT2D eigenvalue weighted by Gasteiger charge is -2.07. The van der Waals surface area contributed by atoms with Gasteiger partial charge in [0.1, 0.15) is 11.5 Å². The number of rotatable bonds is 10. The van der Waals surface area contributed by atoms with E-state index >= 15 is 0 Å². The van der Waals surface area contributed by atoms with E-state index < -0.39 is 10.9 Å². The van der Waals surface area contributed by atoms with Crippen LogP contribution >= 0.6 is 0 Å². The second-order valence-corrected chi connectivity index (χ2v) is 7.19. The van der Waals surface area contributed by atoms with Crippen molar-refractivity contribution in [1.29, 1.82) is 0 Å². The Morgan fingerprint density at radius 1 is 0.879 bits per heavy atom. The highest BCUT2D eigenvalue weighted by molar-refractivity contribution is 6.06. The first-order chi connectivity index (χ1) is 16.0. The minimum absolute atomic E-state index is 0.0723. The highest BCUT2D eigenvalue weighted by Crippen LogP contribution is 2.18. The second kappa shape index (κ2) is 11.4. The fourth-order valence-corrected chi connectivity index (χ4v) is 2.85. The van der Waals surface area contributed by atoms with Crippen LogP contribution in [0.25, 0.3) is 6.08 Å². The summed E-state index contributed by atoms with van der Waals surface area (Å²) in [6, 6.07) is 18.9. The van der Waals surface area contributed by atoms with E-state index in [9.17, 15) is 19.7 Å². The molecule has 0 saturated carbocycles. The smallest absolute Gasteiger partial charge is 0.343 e. The summed E-state index contributed by atoms with van der Waals surface area (Å²) in [5.41, 5.74) is 1.43. The van der Waals surface area contributed by atoms with Crippen molar-refractivity contribution in [3.8, 4) is 11.5 Å². The molecule has 0 spiro atoms. The predicted molar refractivity (Wildman–Crippen MR) is 125 cm³/mol. The molecule has 7 nitrogen and oxygen atoms in total. The first kappa shape index (κ1) is 23.4. The maximum atomic E-state index is 12.3. The van der Waals surface area contributed by atoms with Gasteiger partial charge in [0.15, 0.2) is 5.78 Å². The van der Waals surface area contributed by atoms with E-state index in [1.165, 1.54) is 30.3 Å². The molecular formula is C26H23NO6. The van der Waals surface area contributed by atoms with Crippen LogP contribution in [-0.4, -0.2) is 23.3 Å². The van der Waals surface area contributed by atoms with Gasteiger partial charge < -0.3 is 9.47 Å². The largest absolute Gasteiger partial charge is 0.494 e. The van der Waals surface area contributed by atoms with Crippen molar-refractivity contribution in [2.45, 2.75) is 19.8 Å². The molecule has 0 heterocycles. The molecule has 0 bridgehead atoms. The summed E-state index contributed by atoms with van der Waals surface area (Å²) in [4.78, 5) is 34.8. The summed E-state index contributed by atoms with van der Waals surface area (Å²) >= 11 is 0. The topological polar surface area (TPSA) is 95.7 Å². The van der Waals surface area contributed by atoms with E-state index in [4.69, 9.17) is 9.47 Å². The van der Waals surface area contributed by atoms with Gasteiger partial charge in [0, 0.05) is 17.7 Å². The van der Waals surface area contributed by atoms with Crippen molar-refractivity contribution in [3.63, 3.8) is 0 Å². The fourth-order valence-electron chi connectivity index (χ4n) is 2.85. The van der Waals surface area contributed by atoms with E-state index in [-0.39, 0.29) is 11.5 Å². The van der Waals surface area contributed by atoms with Gasteiger partial charge in [0.2, 0.25) is 0 Å². The third-order valence-electron chi connectivity index (χ3n) is 4.74. The van der Waals surface area contributed by atoms with Crippen molar-refractivity contribution < 1.29 is 24.0 Å². The van der Waals surface area contributed by atoms with Crippen LogP contribution in [0, 0.1) is 10.1 Å². The molecule has 0 aliphatic rings. The van der Waals surface area contributed by atoms with Crippen LogP contribution < -0.4 is 9.47 Å². The molecule has 0 aliphatic heterocycles. The maximum Gasteiger partial charge on any atom is 0.343 e. The van der Waals surface area contributed by atoms with E-state index in [1.54, 1.807) is 54.6 Å². The molecule has 0 radical (unpaired) electrons. The molecule has 0 fully saturated rings. The summed E-state index contributed by atoms with van der Waals surface area (Å²) in [6.45, 7) is 2.73. The molecular weight excluding hydrogens is 422 g/mol. The minimum Gasteiger partial charge on any atom is -0.494 e. The van der Waals surface area contributed by atoms with Crippen LogP contribution in [-0.2, 0) is 0 Å². The van der Waals surface area contributed by atoms with Gasteiger partial charge in [-0.15, -0.1) is 0 Å². The zero-order valence-corrected chi connectivity index (χ0v) is 18.1. The number of esters is 1. The molecule has 33 heavy (non-hydrogen) atoms. The summed E-state index contributed by atoms with van der Waals surface area (Å²) in [7, 11) is 0. The number of ketones is 1. The highest BCUT2D eigenvalue weighted by Gasteiger charge is 2.09. The lowest BCUT2D eigenvalue weighted by atomic mass is 10.1. The zero-order chi connectivity index (χ0) is 23.6. The minimum atomic E-state index is -0.517. The molecule has 7 heteroatoms. The molecule has 0 amide bonds. The molecule has 168 valence electrons. The molecule has 3 aromatic carbocycles. The van der Waals surface area contributed by atoms with Gasteiger partial charge in [-0.2, -0.15) is 0 Å². The Morgan fingerprint density at radius 2 is 1.48 bits per heavy atom. The van der Waals surface area contributed by atoms with E-state index in [1.807, 2.05) is 0 Å². The lowest BCUT2D eigenvalue weighted by Crippen LogP contribution is -2.08. The normalized spacial score (nSPS) is 10.7. The monoisotopic (exact) mass is 445 g/mol. The quantitative estimate of drug-likeness (QED) is 0.0734. The third-order valence-corrected chi connectivity index (χ3v) is 4.74. The van der Waals surface area contributed by atoms with E-state index in [0.717, 1.165) is 18.4 Å². The van der Waals surface area contributed by atoms with Gasteiger partial charge in [-0.1, -0.05) is 31.6 Å². The van der Waals surface area contributed by atoms with Gasteiger partial charge in [-0.05, 0) is 66.6 Å². The summed E-state index contributed by atoms with van der Waals surface area (Å²) in [5.74, 6) is 0.329. The second-order valence-electron chi connectivity index (χ2n) is 7.19. The average molecular weight is 445 g/mol. The zero-order valence-electron chi connectivity index (χ0n) is 18.1. The molecule has 3 aromatic rings. The number of hydrogen-bond acceptors (Lipinski definition) is 6. The van der Waals surface area contributed by atoms with Crippen LogP contribution in [0.3, 0.4) is 0 Å². The van der Waals surface area contributed by atoms with Crippen molar-refractivity contribution in [2.24, 2.45) is 0 Å². The number of nitro groups is 1. The van der Waals surface area contributed by atoms with Crippen LogP contribution in [0.4, 0.5) is 5.69 Å². The molecule has 0 atom stereocenters. The summed E-state index contributed by atoms with van der Waals surface area (Å²) in [5, 5.41) is 10.7. The summed E-state index contributed by atoms with van der Waals surface area (Å²) in [6.07, 6.45) is 5.02. The first-order valence-corrected chi connectivity index (χ1v) is 10.5. The van der Waals surface area contributed by atoms with Gasteiger partial charge in [-0.3, -0.25) is 14.9 Å². The van der Waals surface area contributed by atoms with E-state index in [0.29, 0.717) is 29.2 Å². The maximum absolute atomic E-state index is 12.3. The molecule has 0 unspecified atom stereocenters. The van der Waals surface area contributed by atoms with Crippen molar-refractivity contribution >= 4 is 23.5 Å². The number of ether oxygens (including phenoxy) is 2. The Morgan fingerprint density at radius 3 is 2.09 bits per heavy atom. The Hall–Kier alpha value is -4.26. The van der Waals surface area contributed by atoms with Crippen molar-refractivity contribution in [2.75, 3.05) is 6.61 Å². The third kappa shape index (κ3) is 6.87. The number of carbonyl (C=O) groups is 2. The highest BCUT2D eigenvalue weighted by atomic mass is 16.6. The first-order valence-electron chi connectivity index (χ1n) is 10.5. The van der Waals surface area contributed by atoms with Gasteiger partial charge in [0.05, 0.1) is 17.1 Å². The fraction of sp³-hybridized carbons (Fsp3) is 0.154. The molecule has 0 N–H and O–H groups in total. The van der Waals surface area contributed by atoms with Crippen molar-refractivity contribution in [1.82, 2.24) is 0 Å². The Bertz CT molecular complexity index is 1130. The number of benzene rings is 3. The number of nitrogens with zero attached hydrogens (tertiary/aromatic N) is 1. The Kier molecular flexibility index (Phi) is 8.07. The summed E-state index contributed by atoms with van der Waals surface area (Å²) < 4.78 is 11.0. The molecule has 3 rings (SSSR count). The van der Waals surface area contributed by atoms with Crippen molar-refractivity contribution in [3.05, 3.63) is 106 Å². The van der Waals surface area contributed by atoms with Gasteiger partial charge >= 0.3 is 5.97 Å². The Labute approximate surface area is 191 Å². The number of nitro benzene ring substituents is 1. The number of carbonyl (C=O) groups excluding carboxylic acids is 2. The number of allylic oxidation sites excluding steroid dienone is 1. The standard InChI is InChI=1S/C26H23NO6/c1-2-3-18-32-23-15-9-21(10-16-23)26(29)33-24-13-4-19(5-14-24)6-17-25(28)20-7-11-22(12-8-20)27(30)31/h4-17H,2-3,18H2,1H3/b17-6+. The number of unbranched alkanes of at least 4 members (excludes halogenated alkanes) is 1. The van der Waals surface area contributed by atoms with Crippen LogP contribution in [0.1, 0.15) is 46.0 Å². The predicted octanol–water partition coefficient (Wildman–Crippen LogP) is 5.89. The van der Waals surface area contributed by atoms with Crippen LogP contribution in [0.15, 0.2) is 78.9 Å². The lowest BCUT2D eigenvalue weighted by molar-refractivity contribution is -0.384. The SMILES string of the molecule is CCCCOc1ccc(C(=O)Oc2ccc(/C=C/C(=O)c3ccc([N+](=O)[O-])cc3)cc2)cc1. The molecule has 0 aromatic heterocycles. The molecule has 0 saturated heterocycles. The van der Waals surface area contributed by atoms with Crippen LogP contribution in [0.5, 0.6) is 11.5 Å². The van der Waals surface area contributed by atoms with Crippen LogP contribution in [0.2, 0.25) is 0 Å². The molecule has 0 aliphatic carbocycles. The average Bonchev–Trinajstić information content (AvgIpc) is 2.84. The van der Waals surface area contributed by atoms with Gasteiger partial charge in [-0.25, -0.2) is 4.79 Å². The van der Waals surface area contributed by atoms with Gasteiger partial charge in [0.25, 0.3) is 5.69 Å².